The topological polar surface area (TPSA) is 52.7 Å². The van der Waals surface area contributed by atoms with Gasteiger partial charge in [-0.1, -0.05) is 6.07 Å². The molecule has 2 aromatic carbocycles. The normalized spacial score (nSPS) is 18.1. The summed E-state index contributed by atoms with van der Waals surface area (Å²) >= 11 is 0. The maximum atomic E-state index is 13.4. The van der Waals surface area contributed by atoms with Gasteiger partial charge in [0.2, 0.25) is 5.91 Å². The molecule has 2 amide bonds. The van der Waals surface area contributed by atoms with E-state index in [0.29, 0.717) is 18.5 Å². The molecule has 0 radical (unpaired) electrons. The predicted octanol–water partition coefficient (Wildman–Crippen LogP) is 3.49. The molecule has 2 aromatic rings. The van der Waals surface area contributed by atoms with E-state index in [9.17, 15) is 18.4 Å². The molecule has 0 unspecified atom stereocenters. The van der Waals surface area contributed by atoms with Gasteiger partial charge in [0.1, 0.15) is 0 Å². The molecule has 158 valence electrons. The average Bonchev–Trinajstić information content (AvgIpc) is 3.18. The molecule has 2 fully saturated rings. The van der Waals surface area contributed by atoms with Crippen LogP contribution in [0, 0.1) is 11.6 Å². The number of hydrogen-bond donors (Lipinski definition) is 1. The first-order valence-corrected chi connectivity index (χ1v) is 10.4. The van der Waals surface area contributed by atoms with E-state index in [1.54, 1.807) is 23.1 Å². The van der Waals surface area contributed by atoms with E-state index in [0.717, 1.165) is 56.2 Å². The van der Waals surface area contributed by atoms with Crippen molar-refractivity contribution in [1.82, 2.24) is 10.2 Å². The second-order valence-corrected chi connectivity index (χ2v) is 7.97. The van der Waals surface area contributed by atoms with E-state index < -0.39 is 11.6 Å². The van der Waals surface area contributed by atoms with Crippen LogP contribution in [-0.2, 0) is 11.3 Å². The minimum atomic E-state index is -0.833. The van der Waals surface area contributed by atoms with Crippen LogP contribution in [0.15, 0.2) is 42.5 Å². The van der Waals surface area contributed by atoms with Crippen LogP contribution in [0.5, 0.6) is 0 Å². The Kier molecular flexibility index (Phi) is 6.08. The van der Waals surface area contributed by atoms with Crippen LogP contribution in [0.2, 0.25) is 0 Å². The van der Waals surface area contributed by atoms with E-state index in [1.165, 1.54) is 6.07 Å². The van der Waals surface area contributed by atoms with Gasteiger partial charge in [-0.05, 0) is 61.2 Å². The number of anilines is 1. The number of amides is 2. The standard InChI is InChI=1S/C23H25F2N3O2/c24-20-8-3-16(14-21(20)25)15-27-12-9-18(10-13-27)26-23(30)17-4-6-19(7-5-17)28-11-1-2-22(28)29/h3-8,14,18H,1-2,9-13,15H2,(H,26,30). The summed E-state index contributed by atoms with van der Waals surface area (Å²) < 4.78 is 26.4. The fourth-order valence-corrected chi connectivity index (χ4v) is 4.11. The van der Waals surface area contributed by atoms with E-state index in [4.69, 9.17) is 0 Å². The number of carbonyl (C=O) groups excluding carboxylic acids is 2. The smallest absolute Gasteiger partial charge is 0.251 e. The third-order valence-corrected chi connectivity index (χ3v) is 5.83. The average molecular weight is 413 g/mol. The number of hydrogen-bond acceptors (Lipinski definition) is 3. The maximum Gasteiger partial charge on any atom is 0.251 e. The Bertz CT molecular complexity index is 925. The van der Waals surface area contributed by atoms with Crippen molar-refractivity contribution in [3.05, 3.63) is 65.2 Å². The van der Waals surface area contributed by atoms with Gasteiger partial charge in [-0.2, -0.15) is 0 Å². The molecule has 2 aliphatic rings. The summed E-state index contributed by atoms with van der Waals surface area (Å²) in [6, 6.07) is 11.2. The van der Waals surface area contributed by atoms with Gasteiger partial charge in [-0.15, -0.1) is 0 Å². The lowest BCUT2D eigenvalue weighted by molar-refractivity contribution is -0.117. The number of likely N-dealkylation sites (tertiary alicyclic amines) is 1. The number of piperidine rings is 1. The van der Waals surface area contributed by atoms with Gasteiger partial charge < -0.3 is 10.2 Å². The van der Waals surface area contributed by atoms with Crippen LogP contribution in [0.3, 0.4) is 0 Å². The van der Waals surface area contributed by atoms with E-state index >= 15 is 0 Å². The Morgan fingerprint density at radius 3 is 2.37 bits per heavy atom. The molecule has 2 saturated heterocycles. The van der Waals surface area contributed by atoms with Crippen molar-refractivity contribution in [2.24, 2.45) is 0 Å². The highest BCUT2D eigenvalue weighted by Gasteiger charge is 2.23. The van der Waals surface area contributed by atoms with Gasteiger partial charge in [0.15, 0.2) is 11.6 Å². The number of benzene rings is 2. The molecule has 0 aromatic heterocycles. The van der Waals surface area contributed by atoms with Crippen LogP contribution in [0.25, 0.3) is 0 Å². The number of nitrogens with one attached hydrogen (secondary N) is 1. The quantitative estimate of drug-likeness (QED) is 0.817. The van der Waals surface area contributed by atoms with Crippen LogP contribution >= 0.6 is 0 Å². The fraction of sp³-hybridized carbons (Fsp3) is 0.391. The Morgan fingerprint density at radius 2 is 1.73 bits per heavy atom. The third kappa shape index (κ3) is 4.67. The van der Waals surface area contributed by atoms with Crippen molar-refractivity contribution >= 4 is 17.5 Å². The van der Waals surface area contributed by atoms with Crippen molar-refractivity contribution in [3.63, 3.8) is 0 Å². The minimum absolute atomic E-state index is 0.0820. The number of rotatable bonds is 5. The molecule has 0 bridgehead atoms. The van der Waals surface area contributed by atoms with Gasteiger partial charge in [-0.25, -0.2) is 8.78 Å². The largest absolute Gasteiger partial charge is 0.349 e. The Morgan fingerprint density at radius 1 is 1.00 bits per heavy atom. The molecule has 0 saturated carbocycles. The SMILES string of the molecule is O=C(NC1CCN(Cc2ccc(F)c(F)c2)CC1)c1ccc(N2CCCC2=O)cc1. The van der Waals surface area contributed by atoms with Crippen LogP contribution < -0.4 is 10.2 Å². The first-order chi connectivity index (χ1) is 14.5. The first kappa shape index (κ1) is 20.5. The summed E-state index contributed by atoms with van der Waals surface area (Å²) in [4.78, 5) is 28.3. The van der Waals surface area contributed by atoms with Crippen LogP contribution in [-0.4, -0.2) is 42.4 Å². The fourth-order valence-electron chi connectivity index (χ4n) is 4.11. The van der Waals surface area contributed by atoms with Crippen LogP contribution in [0.1, 0.15) is 41.6 Å². The summed E-state index contributed by atoms with van der Waals surface area (Å²) in [6.07, 6.45) is 3.05. The Hall–Kier alpha value is -2.80. The number of carbonyl (C=O) groups is 2. The summed E-state index contributed by atoms with van der Waals surface area (Å²) in [6.45, 7) is 2.85. The molecule has 0 atom stereocenters. The molecule has 2 aliphatic heterocycles. The monoisotopic (exact) mass is 413 g/mol. The highest BCUT2D eigenvalue weighted by molar-refractivity contribution is 5.97. The van der Waals surface area contributed by atoms with E-state index in [-0.39, 0.29) is 17.9 Å². The molecule has 30 heavy (non-hydrogen) atoms. The van der Waals surface area contributed by atoms with E-state index in [1.807, 2.05) is 12.1 Å². The highest BCUT2D eigenvalue weighted by Crippen LogP contribution is 2.22. The summed E-state index contributed by atoms with van der Waals surface area (Å²) in [5.74, 6) is -1.65. The zero-order chi connectivity index (χ0) is 21.1. The zero-order valence-corrected chi connectivity index (χ0v) is 16.7. The van der Waals surface area contributed by atoms with Gasteiger partial charge in [-0.3, -0.25) is 14.5 Å². The van der Waals surface area contributed by atoms with Crippen molar-refractivity contribution in [2.75, 3.05) is 24.5 Å². The van der Waals surface area contributed by atoms with Gasteiger partial charge >= 0.3 is 0 Å². The molecule has 0 aliphatic carbocycles. The molecule has 0 spiro atoms. The first-order valence-electron chi connectivity index (χ1n) is 10.4. The van der Waals surface area contributed by atoms with Gasteiger partial charge in [0, 0.05) is 49.9 Å². The highest BCUT2D eigenvalue weighted by atomic mass is 19.2. The molecule has 2 heterocycles. The number of halogens is 2. The Balaban J connectivity index is 1.26. The summed E-state index contributed by atoms with van der Waals surface area (Å²) in [5.41, 5.74) is 2.15. The third-order valence-electron chi connectivity index (χ3n) is 5.83. The lowest BCUT2D eigenvalue weighted by Crippen LogP contribution is -2.44. The lowest BCUT2D eigenvalue weighted by Gasteiger charge is -2.32. The number of nitrogens with zero attached hydrogens (tertiary/aromatic N) is 2. The molecule has 5 nitrogen and oxygen atoms in total. The van der Waals surface area contributed by atoms with Crippen molar-refractivity contribution in [3.8, 4) is 0 Å². The minimum Gasteiger partial charge on any atom is -0.349 e. The summed E-state index contributed by atoms with van der Waals surface area (Å²) in [5, 5.41) is 3.08. The van der Waals surface area contributed by atoms with Crippen molar-refractivity contribution in [2.45, 2.75) is 38.3 Å². The molecular weight excluding hydrogens is 388 g/mol. The lowest BCUT2D eigenvalue weighted by atomic mass is 10.0. The van der Waals surface area contributed by atoms with Crippen molar-refractivity contribution < 1.29 is 18.4 Å². The second kappa shape index (κ2) is 8.92. The Labute approximate surface area is 174 Å². The van der Waals surface area contributed by atoms with Gasteiger partial charge in [0.25, 0.3) is 5.91 Å². The van der Waals surface area contributed by atoms with Crippen molar-refractivity contribution in [1.29, 1.82) is 0 Å². The summed E-state index contributed by atoms with van der Waals surface area (Å²) in [7, 11) is 0. The molecular formula is C23H25F2N3O2. The molecule has 7 heteroatoms. The zero-order valence-electron chi connectivity index (χ0n) is 16.7. The predicted molar refractivity (Wildman–Crippen MR) is 110 cm³/mol. The van der Waals surface area contributed by atoms with E-state index in [2.05, 4.69) is 10.2 Å². The van der Waals surface area contributed by atoms with Crippen LogP contribution in [0.4, 0.5) is 14.5 Å². The molecule has 4 rings (SSSR count). The van der Waals surface area contributed by atoms with Gasteiger partial charge in [0.05, 0.1) is 0 Å². The molecule has 1 N–H and O–H groups in total. The second-order valence-electron chi connectivity index (χ2n) is 7.97. The maximum absolute atomic E-state index is 13.4.